The molecule has 3 rings (SSSR count). The molecule has 2 aromatic heterocycles. The summed E-state index contributed by atoms with van der Waals surface area (Å²) >= 11 is 0. The zero-order valence-corrected chi connectivity index (χ0v) is 11.7. The second kappa shape index (κ2) is 5.54. The van der Waals surface area contributed by atoms with E-state index in [0.29, 0.717) is 12.3 Å². The van der Waals surface area contributed by atoms with Crippen molar-refractivity contribution in [2.75, 3.05) is 6.61 Å². The van der Waals surface area contributed by atoms with Gasteiger partial charge in [-0.3, -0.25) is 4.40 Å². The minimum absolute atomic E-state index is 0.264. The maximum absolute atomic E-state index is 13.5. The van der Waals surface area contributed by atoms with Crippen LogP contribution < -0.4 is 10.5 Å². The lowest BCUT2D eigenvalue weighted by Crippen LogP contribution is -2.03. The molecule has 5 heteroatoms. The van der Waals surface area contributed by atoms with Crippen molar-refractivity contribution in [3.63, 3.8) is 0 Å². The molecule has 0 bridgehead atoms. The molecule has 0 unspecified atom stereocenters. The summed E-state index contributed by atoms with van der Waals surface area (Å²) in [6.07, 6.45) is 1.40. The molecule has 4 nitrogen and oxygen atoms in total. The number of fused-ring (bicyclic) bond motifs is 1. The van der Waals surface area contributed by atoms with Gasteiger partial charge in [-0.25, -0.2) is 9.37 Å². The Bertz CT molecular complexity index is 782. The summed E-state index contributed by atoms with van der Waals surface area (Å²) in [6.45, 7) is 2.76. The van der Waals surface area contributed by atoms with Crippen molar-refractivity contribution in [2.45, 2.75) is 13.5 Å². The van der Waals surface area contributed by atoms with Crippen molar-refractivity contribution in [1.29, 1.82) is 0 Å². The second-order valence-corrected chi connectivity index (χ2v) is 4.62. The van der Waals surface area contributed by atoms with Crippen molar-refractivity contribution < 1.29 is 9.13 Å². The Morgan fingerprint density at radius 2 is 2.05 bits per heavy atom. The molecule has 0 aliphatic heterocycles. The van der Waals surface area contributed by atoms with Gasteiger partial charge in [0.1, 0.15) is 17.2 Å². The lowest BCUT2D eigenvalue weighted by molar-refractivity contribution is 0.341. The number of hydrogen-bond acceptors (Lipinski definition) is 3. The van der Waals surface area contributed by atoms with Gasteiger partial charge < -0.3 is 10.5 Å². The van der Waals surface area contributed by atoms with E-state index in [9.17, 15) is 4.39 Å². The van der Waals surface area contributed by atoms with Gasteiger partial charge in [-0.05, 0) is 31.2 Å². The molecule has 0 aliphatic carbocycles. The summed E-state index contributed by atoms with van der Waals surface area (Å²) < 4.78 is 20.8. The average Bonchev–Trinajstić information content (AvgIpc) is 2.85. The zero-order valence-electron chi connectivity index (χ0n) is 11.7. The third-order valence-corrected chi connectivity index (χ3v) is 3.32. The smallest absolute Gasteiger partial charge is 0.139 e. The van der Waals surface area contributed by atoms with Crippen LogP contribution in [0.2, 0.25) is 0 Å². The SMILES string of the molecule is CCOc1ccccc1-c1nc2ccc(F)cn2c1CN. The number of pyridine rings is 1. The quantitative estimate of drug-likeness (QED) is 0.801. The van der Waals surface area contributed by atoms with Crippen LogP contribution in [0.5, 0.6) is 5.75 Å². The fourth-order valence-corrected chi connectivity index (χ4v) is 2.42. The van der Waals surface area contributed by atoms with E-state index in [1.165, 1.54) is 12.3 Å². The minimum atomic E-state index is -0.320. The molecule has 0 saturated carbocycles. The summed E-state index contributed by atoms with van der Waals surface area (Å²) in [7, 11) is 0. The lowest BCUT2D eigenvalue weighted by Gasteiger charge is -2.09. The van der Waals surface area contributed by atoms with E-state index in [0.717, 1.165) is 22.7 Å². The maximum atomic E-state index is 13.5. The van der Waals surface area contributed by atoms with E-state index in [2.05, 4.69) is 4.98 Å². The zero-order chi connectivity index (χ0) is 14.8. The topological polar surface area (TPSA) is 52.5 Å². The minimum Gasteiger partial charge on any atom is -0.493 e. The molecule has 2 N–H and O–H groups in total. The first kappa shape index (κ1) is 13.6. The van der Waals surface area contributed by atoms with Gasteiger partial charge in [-0.15, -0.1) is 0 Å². The fourth-order valence-electron chi connectivity index (χ4n) is 2.42. The van der Waals surface area contributed by atoms with Crippen LogP contribution in [-0.4, -0.2) is 16.0 Å². The van der Waals surface area contributed by atoms with Crippen LogP contribution in [0.25, 0.3) is 16.9 Å². The van der Waals surface area contributed by atoms with Gasteiger partial charge in [0.2, 0.25) is 0 Å². The van der Waals surface area contributed by atoms with E-state index in [4.69, 9.17) is 10.5 Å². The third-order valence-electron chi connectivity index (χ3n) is 3.32. The highest BCUT2D eigenvalue weighted by atomic mass is 19.1. The summed E-state index contributed by atoms with van der Waals surface area (Å²) in [5, 5.41) is 0. The molecular weight excluding hydrogens is 269 g/mol. The van der Waals surface area contributed by atoms with Crippen molar-refractivity contribution in [3.8, 4) is 17.0 Å². The Kier molecular flexibility index (Phi) is 3.58. The Labute approximate surface area is 122 Å². The Morgan fingerprint density at radius 1 is 1.24 bits per heavy atom. The second-order valence-electron chi connectivity index (χ2n) is 4.62. The predicted molar refractivity (Wildman–Crippen MR) is 79.6 cm³/mol. The monoisotopic (exact) mass is 285 g/mol. The summed E-state index contributed by atoms with van der Waals surface area (Å²) in [4.78, 5) is 4.57. The number of benzene rings is 1. The van der Waals surface area contributed by atoms with Crippen LogP contribution in [0.1, 0.15) is 12.6 Å². The maximum Gasteiger partial charge on any atom is 0.139 e. The molecule has 1 aromatic carbocycles. The van der Waals surface area contributed by atoms with E-state index >= 15 is 0 Å². The van der Waals surface area contributed by atoms with Crippen LogP contribution in [0.15, 0.2) is 42.6 Å². The molecule has 0 fully saturated rings. The van der Waals surface area contributed by atoms with Gasteiger partial charge in [-0.1, -0.05) is 12.1 Å². The molecule has 0 saturated heterocycles. The van der Waals surface area contributed by atoms with E-state index in [1.807, 2.05) is 31.2 Å². The number of halogens is 1. The van der Waals surface area contributed by atoms with E-state index in [-0.39, 0.29) is 12.4 Å². The number of hydrogen-bond donors (Lipinski definition) is 1. The lowest BCUT2D eigenvalue weighted by atomic mass is 10.1. The van der Waals surface area contributed by atoms with Crippen molar-refractivity contribution >= 4 is 5.65 Å². The highest BCUT2D eigenvalue weighted by Crippen LogP contribution is 2.32. The molecule has 0 aliphatic rings. The fraction of sp³-hybridized carbons (Fsp3) is 0.188. The first-order valence-electron chi connectivity index (χ1n) is 6.83. The number of nitrogens with two attached hydrogens (primary N) is 1. The van der Waals surface area contributed by atoms with Crippen molar-refractivity contribution in [3.05, 3.63) is 54.1 Å². The number of aromatic nitrogens is 2. The van der Waals surface area contributed by atoms with Crippen molar-refractivity contribution in [2.24, 2.45) is 5.73 Å². The van der Waals surface area contributed by atoms with E-state index < -0.39 is 0 Å². The molecule has 0 amide bonds. The number of imidazole rings is 1. The Morgan fingerprint density at radius 3 is 2.81 bits per heavy atom. The molecule has 3 aromatic rings. The molecular formula is C16H16FN3O. The molecule has 21 heavy (non-hydrogen) atoms. The van der Waals surface area contributed by atoms with Gasteiger partial charge in [-0.2, -0.15) is 0 Å². The standard InChI is InChI=1S/C16H16FN3O/c1-2-21-14-6-4-3-5-12(14)16-13(9-18)20-10-11(17)7-8-15(20)19-16/h3-8,10H,2,9,18H2,1H3. The normalized spacial score (nSPS) is 11.0. The molecule has 0 radical (unpaired) electrons. The largest absolute Gasteiger partial charge is 0.493 e. The van der Waals surface area contributed by atoms with Gasteiger partial charge in [0.15, 0.2) is 0 Å². The number of rotatable bonds is 4. The number of ether oxygens (including phenoxy) is 1. The van der Waals surface area contributed by atoms with Gasteiger partial charge in [0, 0.05) is 18.3 Å². The van der Waals surface area contributed by atoms with Gasteiger partial charge in [0.25, 0.3) is 0 Å². The third kappa shape index (κ3) is 2.36. The Hall–Kier alpha value is -2.40. The summed E-state index contributed by atoms with van der Waals surface area (Å²) in [5.41, 5.74) is 8.87. The summed E-state index contributed by atoms with van der Waals surface area (Å²) in [6, 6.07) is 10.7. The summed E-state index contributed by atoms with van der Waals surface area (Å²) in [5.74, 6) is 0.429. The first-order valence-corrected chi connectivity index (χ1v) is 6.83. The van der Waals surface area contributed by atoms with Crippen LogP contribution in [0.4, 0.5) is 4.39 Å². The van der Waals surface area contributed by atoms with Crippen molar-refractivity contribution in [1.82, 2.24) is 9.38 Å². The first-order chi connectivity index (χ1) is 10.2. The van der Waals surface area contributed by atoms with Crippen LogP contribution >= 0.6 is 0 Å². The number of nitrogens with zero attached hydrogens (tertiary/aromatic N) is 2. The average molecular weight is 285 g/mol. The molecule has 2 heterocycles. The predicted octanol–water partition coefficient (Wildman–Crippen LogP) is 3.00. The van der Waals surface area contributed by atoms with Gasteiger partial charge >= 0.3 is 0 Å². The highest BCUT2D eigenvalue weighted by Gasteiger charge is 2.16. The molecule has 0 spiro atoms. The van der Waals surface area contributed by atoms with Gasteiger partial charge in [0.05, 0.1) is 18.0 Å². The van der Waals surface area contributed by atoms with Crippen LogP contribution in [-0.2, 0) is 6.54 Å². The highest BCUT2D eigenvalue weighted by molar-refractivity contribution is 5.72. The Balaban J connectivity index is 2.25. The van der Waals surface area contributed by atoms with Crippen LogP contribution in [0.3, 0.4) is 0 Å². The van der Waals surface area contributed by atoms with E-state index in [1.54, 1.807) is 10.5 Å². The molecule has 108 valence electrons. The molecule has 0 atom stereocenters. The van der Waals surface area contributed by atoms with Crippen LogP contribution in [0, 0.1) is 5.82 Å². The number of para-hydroxylation sites is 1.